The summed E-state index contributed by atoms with van der Waals surface area (Å²) in [7, 11) is 0. The molecule has 2 aromatic carbocycles. The molecule has 0 unspecified atom stereocenters. The van der Waals surface area contributed by atoms with E-state index in [4.69, 9.17) is 17.3 Å². The highest BCUT2D eigenvalue weighted by atomic mass is 32.1. The molecule has 1 amide bonds. The van der Waals surface area contributed by atoms with Gasteiger partial charge in [-0.2, -0.15) is 0 Å². The predicted molar refractivity (Wildman–Crippen MR) is 97.7 cm³/mol. The summed E-state index contributed by atoms with van der Waals surface area (Å²) < 4.78 is 0. The lowest BCUT2D eigenvalue weighted by molar-refractivity contribution is 0.0696. The number of aromatic carboxylic acids is 1. The number of thiocarbonyl (C=S) groups is 1. The highest BCUT2D eigenvalue weighted by Crippen LogP contribution is 2.19. The fourth-order valence-corrected chi connectivity index (χ4v) is 2.64. The summed E-state index contributed by atoms with van der Waals surface area (Å²) in [6, 6.07) is 10.4. The summed E-state index contributed by atoms with van der Waals surface area (Å²) in [4.78, 5) is 23.4. The van der Waals surface area contributed by atoms with Crippen molar-refractivity contribution in [1.82, 2.24) is 5.32 Å². The molecule has 0 saturated carbocycles. The molecule has 3 N–H and O–H groups in total. The van der Waals surface area contributed by atoms with Gasteiger partial charge in [-0.15, -0.1) is 0 Å². The van der Waals surface area contributed by atoms with Crippen LogP contribution in [0.2, 0.25) is 0 Å². The van der Waals surface area contributed by atoms with Gasteiger partial charge in [0.25, 0.3) is 5.91 Å². The van der Waals surface area contributed by atoms with Gasteiger partial charge in [0.05, 0.1) is 5.56 Å². The Kier molecular flexibility index (Phi) is 5.31. The summed E-state index contributed by atoms with van der Waals surface area (Å²) in [5, 5.41) is 14.7. The van der Waals surface area contributed by atoms with Crippen LogP contribution in [0, 0.1) is 20.8 Å². The van der Waals surface area contributed by atoms with Crippen molar-refractivity contribution in [1.29, 1.82) is 0 Å². The normalized spacial score (nSPS) is 10.1. The number of nitrogens with one attached hydrogen (secondary N) is 2. The minimum Gasteiger partial charge on any atom is -0.478 e. The molecule has 0 aliphatic carbocycles. The Bertz CT molecular complexity index is 811. The SMILES string of the molecule is Cc1cc(C)cc(C(=O)NC(=S)Nc2cccc(C(=O)O)c2C)c1. The molecular weight excluding hydrogens is 324 g/mol. The van der Waals surface area contributed by atoms with Crippen molar-refractivity contribution in [3.8, 4) is 0 Å². The van der Waals surface area contributed by atoms with Crippen LogP contribution < -0.4 is 10.6 Å². The lowest BCUT2D eigenvalue weighted by atomic mass is 10.1. The van der Waals surface area contributed by atoms with E-state index in [1.165, 1.54) is 6.07 Å². The molecule has 0 fully saturated rings. The maximum atomic E-state index is 12.3. The van der Waals surface area contributed by atoms with Gasteiger partial charge in [0.2, 0.25) is 0 Å². The smallest absolute Gasteiger partial charge is 0.336 e. The van der Waals surface area contributed by atoms with Gasteiger partial charge in [-0.25, -0.2) is 4.79 Å². The van der Waals surface area contributed by atoms with Crippen LogP contribution in [0.5, 0.6) is 0 Å². The molecule has 0 saturated heterocycles. The molecule has 2 aromatic rings. The first kappa shape index (κ1) is 17.6. The summed E-state index contributed by atoms with van der Waals surface area (Å²) in [6.45, 7) is 5.52. The average Bonchev–Trinajstić information content (AvgIpc) is 2.48. The number of carbonyl (C=O) groups is 2. The van der Waals surface area contributed by atoms with Gasteiger partial charge < -0.3 is 10.4 Å². The van der Waals surface area contributed by atoms with Crippen molar-refractivity contribution in [2.24, 2.45) is 0 Å². The summed E-state index contributed by atoms with van der Waals surface area (Å²) in [6.07, 6.45) is 0. The van der Waals surface area contributed by atoms with Crippen molar-refractivity contribution in [2.75, 3.05) is 5.32 Å². The largest absolute Gasteiger partial charge is 0.478 e. The molecule has 0 radical (unpaired) electrons. The zero-order valence-corrected chi connectivity index (χ0v) is 14.5. The molecule has 0 aliphatic heterocycles. The lowest BCUT2D eigenvalue weighted by Crippen LogP contribution is -2.34. The molecule has 24 heavy (non-hydrogen) atoms. The van der Waals surface area contributed by atoms with Crippen LogP contribution in [0.4, 0.5) is 5.69 Å². The molecular formula is C18H18N2O3S. The van der Waals surface area contributed by atoms with Crippen LogP contribution in [0.15, 0.2) is 36.4 Å². The maximum absolute atomic E-state index is 12.3. The van der Waals surface area contributed by atoms with Crippen LogP contribution >= 0.6 is 12.2 Å². The van der Waals surface area contributed by atoms with E-state index in [9.17, 15) is 9.59 Å². The van der Waals surface area contributed by atoms with E-state index >= 15 is 0 Å². The summed E-state index contributed by atoms with van der Waals surface area (Å²) in [5.74, 6) is -1.33. The Labute approximate surface area is 145 Å². The third kappa shape index (κ3) is 4.17. The van der Waals surface area contributed by atoms with Gasteiger partial charge in [-0.3, -0.25) is 10.1 Å². The van der Waals surface area contributed by atoms with Crippen molar-refractivity contribution in [2.45, 2.75) is 20.8 Å². The molecule has 5 nitrogen and oxygen atoms in total. The number of rotatable bonds is 3. The third-order valence-corrected chi connectivity index (χ3v) is 3.73. The topological polar surface area (TPSA) is 78.4 Å². The first-order chi connectivity index (χ1) is 11.3. The van der Waals surface area contributed by atoms with E-state index in [-0.39, 0.29) is 16.6 Å². The molecule has 6 heteroatoms. The van der Waals surface area contributed by atoms with E-state index in [0.717, 1.165) is 11.1 Å². The molecule has 0 aliphatic rings. The van der Waals surface area contributed by atoms with Gasteiger partial charge in [0.15, 0.2) is 5.11 Å². The number of hydrogen-bond donors (Lipinski definition) is 3. The number of amides is 1. The Morgan fingerprint density at radius 3 is 2.25 bits per heavy atom. The number of aryl methyl sites for hydroxylation is 2. The second kappa shape index (κ2) is 7.23. The Hall–Kier alpha value is -2.73. The molecule has 124 valence electrons. The molecule has 0 bridgehead atoms. The zero-order chi connectivity index (χ0) is 17.9. The van der Waals surface area contributed by atoms with Crippen molar-refractivity contribution in [3.63, 3.8) is 0 Å². The van der Waals surface area contributed by atoms with E-state index < -0.39 is 5.97 Å². The molecule has 2 rings (SSSR count). The van der Waals surface area contributed by atoms with Gasteiger partial charge in [-0.1, -0.05) is 23.3 Å². The summed E-state index contributed by atoms with van der Waals surface area (Å²) >= 11 is 5.16. The van der Waals surface area contributed by atoms with Gasteiger partial charge in [-0.05, 0) is 62.8 Å². The first-order valence-electron chi connectivity index (χ1n) is 7.31. The van der Waals surface area contributed by atoms with Gasteiger partial charge in [0.1, 0.15) is 0 Å². The third-order valence-electron chi connectivity index (χ3n) is 3.52. The number of anilines is 1. The second-order valence-electron chi connectivity index (χ2n) is 5.57. The van der Waals surface area contributed by atoms with E-state index in [1.54, 1.807) is 31.2 Å². The van der Waals surface area contributed by atoms with Crippen LogP contribution in [0.3, 0.4) is 0 Å². The predicted octanol–water partition coefficient (Wildman–Crippen LogP) is 3.44. The number of carboxylic acids is 1. The molecule has 0 heterocycles. The fourth-order valence-electron chi connectivity index (χ4n) is 2.44. The lowest BCUT2D eigenvalue weighted by Gasteiger charge is -2.13. The quantitative estimate of drug-likeness (QED) is 0.745. The van der Waals surface area contributed by atoms with Crippen molar-refractivity contribution in [3.05, 3.63) is 64.2 Å². The number of carbonyl (C=O) groups excluding carboxylic acids is 1. The standard InChI is InChI=1S/C18H18N2O3S/c1-10-7-11(2)9-13(8-10)16(21)20-18(24)19-15-6-4-5-14(12(15)3)17(22)23/h4-9H,1-3H3,(H,22,23)(H2,19,20,21,24). The number of hydrogen-bond acceptors (Lipinski definition) is 3. The maximum Gasteiger partial charge on any atom is 0.336 e. The van der Waals surface area contributed by atoms with Crippen LogP contribution in [-0.4, -0.2) is 22.1 Å². The molecule has 0 atom stereocenters. The highest BCUT2D eigenvalue weighted by Gasteiger charge is 2.13. The van der Waals surface area contributed by atoms with Crippen molar-refractivity contribution < 1.29 is 14.7 Å². The minimum absolute atomic E-state index is 0.116. The summed E-state index contributed by atoms with van der Waals surface area (Å²) in [5.41, 5.74) is 3.78. The van der Waals surface area contributed by atoms with E-state index in [0.29, 0.717) is 16.8 Å². The first-order valence-corrected chi connectivity index (χ1v) is 7.72. The molecule has 0 spiro atoms. The van der Waals surface area contributed by atoms with Gasteiger partial charge >= 0.3 is 5.97 Å². The van der Waals surface area contributed by atoms with Crippen LogP contribution in [0.1, 0.15) is 37.4 Å². The van der Waals surface area contributed by atoms with Crippen molar-refractivity contribution >= 4 is 34.9 Å². The van der Waals surface area contributed by atoms with Gasteiger partial charge in [0, 0.05) is 11.3 Å². The van der Waals surface area contributed by atoms with Crippen LogP contribution in [0.25, 0.3) is 0 Å². The minimum atomic E-state index is -1.01. The van der Waals surface area contributed by atoms with E-state index in [1.807, 2.05) is 19.9 Å². The molecule has 0 aromatic heterocycles. The monoisotopic (exact) mass is 342 g/mol. The highest BCUT2D eigenvalue weighted by molar-refractivity contribution is 7.80. The average molecular weight is 342 g/mol. The zero-order valence-electron chi connectivity index (χ0n) is 13.6. The number of benzene rings is 2. The van der Waals surface area contributed by atoms with Crippen LogP contribution in [-0.2, 0) is 0 Å². The second-order valence-corrected chi connectivity index (χ2v) is 5.98. The Morgan fingerprint density at radius 2 is 1.67 bits per heavy atom. The van der Waals surface area contributed by atoms with E-state index in [2.05, 4.69) is 10.6 Å². The Balaban J connectivity index is 2.12. The Morgan fingerprint density at radius 1 is 1.04 bits per heavy atom. The number of carboxylic acid groups (broad SMARTS) is 1. The fraction of sp³-hybridized carbons (Fsp3) is 0.167.